The van der Waals surface area contributed by atoms with Crippen molar-refractivity contribution >= 4 is 17.5 Å². The molecule has 0 bridgehead atoms. The highest BCUT2D eigenvalue weighted by molar-refractivity contribution is 6.09. The molecule has 0 aliphatic carbocycles. The van der Waals surface area contributed by atoms with Crippen LogP contribution in [0.5, 0.6) is 0 Å². The molecule has 2 aliphatic heterocycles. The molecule has 2 aliphatic rings. The molecule has 1 fully saturated rings. The molecule has 6 heteroatoms. The summed E-state index contributed by atoms with van der Waals surface area (Å²) in [6, 6.07) is 9.90. The van der Waals surface area contributed by atoms with E-state index >= 15 is 0 Å². The second-order valence-electron chi connectivity index (χ2n) is 7.61. The number of imide groups is 1. The lowest BCUT2D eigenvalue weighted by Gasteiger charge is -2.36. The van der Waals surface area contributed by atoms with Crippen molar-refractivity contribution in [1.82, 2.24) is 10.0 Å². The maximum absolute atomic E-state index is 13.2. The fourth-order valence-corrected chi connectivity index (χ4v) is 3.52. The topological polar surface area (TPSA) is 62.2 Å². The first-order valence-corrected chi connectivity index (χ1v) is 9.31. The summed E-state index contributed by atoms with van der Waals surface area (Å²) in [5, 5.41) is 7.29. The van der Waals surface area contributed by atoms with E-state index in [4.69, 9.17) is 4.84 Å². The van der Waals surface area contributed by atoms with Gasteiger partial charge in [-0.3, -0.25) is 9.59 Å². The highest BCUT2D eigenvalue weighted by atomic mass is 16.6. The first kappa shape index (κ1) is 18.6. The zero-order chi connectivity index (χ0) is 18.7. The lowest BCUT2D eigenvalue weighted by atomic mass is 9.99. The van der Waals surface area contributed by atoms with Gasteiger partial charge in [0, 0.05) is 18.5 Å². The van der Waals surface area contributed by atoms with Crippen LogP contribution in [0.3, 0.4) is 0 Å². The van der Waals surface area contributed by atoms with E-state index in [2.05, 4.69) is 12.1 Å². The van der Waals surface area contributed by atoms with Crippen LogP contribution in [0.2, 0.25) is 0 Å². The summed E-state index contributed by atoms with van der Waals surface area (Å²) in [7, 11) is 0. The summed E-state index contributed by atoms with van der Waals surface area (Å²) in [5.41, 5.74) is 1.41. The van der Waals surface area contributed by atoms with Crippen LogP contribution in [0.1, 0.15) is 52.0 Å². The number of carbonyl (C=O) groups excluding carboxylic acids is 2. The summed E-state index contributed by atoms with van der Waals surface area (Å²) in [4.78, 5) is 31.1. The first-order valence-electron chi connectivity index (χ1n) is 9.31. The molecule has 0 spiro atoms. The van der Waals surface area contributed by atoms with Crippen LogP contribution in [-0.4, -0.2) is 39.7 Å². The predicted molar refractivity (Wildman–Crippen MR) is 98.9 cm³/mol. The minimum absolute atomic E-state index is 0.155. The van der Waals surface area contributed by atoms with Gasteiger partial charge in [-0.05, 0) is 32.3 Å². The Morgan fingerprint density at radius 2 is 2.04 bits per heavy atom. The molecule has 1 atom stereocenters. The Balaban J connectivity index is 1.82. The molecule has 0 saturated carbocycles. The third-order valence-corrected chi connectivity index (χ3v) is 5.05. The van der Waals surface area contributed by atoms with E-state index in [1.807, 2.05) is 49.2 Å². The number of carbonyl (C=O) groups is 2. The van der Waals surface area contributed by atoms with Crippen molar-refractivity contribution in [2.24, 2.45) is 11.1 Å². The molecule has 1 saturated heterocycles. The van der Waals surface area contributed by atoms with Crippen molar-refractivity contribution in [2.45, 2.75) is 58.5 Å². The lowest BCUT2D eigenvalue weighted by Crippen LogP contribution is -2.52. The molecular formula is C20H27N3O3. The largest absolute Gasteiger partial charge is 0.395 e. The van der Waals surface area contributed by atoms with Gasteiger partial charge in [0.05, 0.1) is 5.71 Å². The van der Waals surface area contributed by atoms with Crippen LogP contribution < -0.4 is 0 Å². The molecule has 0 aromatic heterocycles. The van der Waals surface area contributed by atoms with Crippen LogP contribution in [0.4, 0.5) is 0 Å². The van der Waals surface area contributed by atoms with Gasteiger partial charge in [0.2, 0.25) is 5.91 Å². The van der Waals surface area contributed by atoms with Crippen LogP contribution in [0.25, 0.3) is 0 Å². The zero-order valence-electron chi connectivity index (χ0n) is 15.8. The summed E-state index contributed by atoms with van der Waals surface area (Å²) in [6.45, 7) is 6.83. The van der Waals surface area contributed by atoms with Crippen molar-refractivity contribution < 1.29 is 14.4 Å². The van der Waals surface area contributed by atoms with Gasteiger partial charge in [0.1, 0.15) is 12.5 Å². The highest BCUT2D eigenvalue weighted by Gasteiger charge is 2.49. The fraction of sp³-hybridized carbons (Fsp3) is 0.550. The maximum atomic E-state index is 13.2. The number of amides is 2. The Hall–Kier alpha value is -2.21. The molecule has 3 rings (SSSR count). The van der Waals surface area contributed by atoms with Crippen molar-refractivity contribution in [3.05, 3.63) is 35.9 Å². The number of unbranched alkanes of at least 4 members (excludes halogenated alkanes) is 1. The summed E-state index contributed by atoms with van der Waals surface area (Å²) in [6.07, 6.45) is 3.03. The van der Waals surface area contributed by atoms with Crippen LogP contribution in [-0.2, 0) is 21.0 Å². The van der Waals surface area contributed by atoms with Crippen molar-refractivity contribution in [1.29, 1.82) is 0 Å². The summed E-state index contributed by atoms with van der Waals surface area (Å²) < 4.78 is 0. The number of oxime groups is 1. The average Bonchev–Trinajstić information content (AvgIpc) is 3.16. The standard InChI is InChI=1S/C20H27N3O3/c1-4-5-11-17-16(14-26-21-17)19(25)23-18(24)12-20(2,3)22(23)13-15-9-7-6-8-10-15/h6-10,16H,4-5,11-14H2,1-3H3/t16-/m0/s1. The number of benzene rings is 1. The Labute approximate surface area is 154 Å². The number of rotatable bonds is 6. The van der Waals surface area contributed by atoms with E-state index < -0.39 is 11.5 Å². The molecule has 0 unspecified atom stereocenters. The fourth-order valence-electron chi connectivity index (χ4n) is 3.52. The Morgan fingerprint density at radius 3 is 2.73 bits per heavy atom. The number of hydrazine groups is 1. The van der Waals surface area contributed by atoms with Crippen molar-refractivity contribution in [3.8, 4) is 0 Å². The molecule has 0 radical (unpaired) electrons. The minimum atomic E-state index is -0.460. The van der Waals surface area contributed by atoms with Crippen LogP contribution in [0, 0.1) is 5.92 Å². The van der Waals surface area contributed by atoms with Crippen LogP contribution in [0.15, 0.2) is 35.5 Å². The molecule has 1 aromatic carbocycles. The lowest BCUT2D eigenvalue weighted by molar-refractivity contribution is -0.163. The molecule has 6 nitrogen and oxygen atoms in total. The quantitative estimate of drug-likeness (QED) is 0.734. The number of nitrogens with zero attached hydrogens (tertiary/aromatic N) is 3. The second kappa shape index (κ2) is 7.58. The maximum Gasteiger partial charge on any atom is 0.256 e. The van der Waals surface area contributed by atoms with Gasteiger partial charge in [0.15, 0.2) is 0 Å². The highest BCUT2D eigenvalue weighted by Crippen LogP contribution is 2.33. The summed E-state index contributed by atoms with van der Waals surface area (Å²) in [5.74, 6) is -0.834. The van der Waals surface area contributed by atoms with E-state index in [0.717, 1.165) is 30.5 Å². The van der Waals surface area contributed by atoms with Gasteiger partial charge < -0.3 is 4.84 Å². The number of hydrogen-bond acceptors (Lipinski definition) is 5. The average molecular weight is 357 g/mol. The normalized spacial score (nSPS) is 22.4. The molecule has 2 heterocycles. The number of hydrogen-bond donors (Lipinski definition) is 0. The van der Waals surface area contributed by atoms with Gasteiger partial charge in [-0.25, -0.2) is 10.0 Å². The molecule has 140 valence electrons. The zero-order valence-corrected chi connectivity index (χ0v) is 15.8. The third kappa shape index (κ3) is 3.65. The van der Waals surface area contributed by atoms with E-state index in [-0.39, 0.29) is 18.4 Å². The smallest absolute Gasteiger partial charge is 0.256 e. The van der Waals surface area contributed by atoms with Gasteiger partial charge in [0.25, 0.3) is 5.91 Å². The van der Waals surface area contributed by atoms with Crippen LogP contribution >= 0.6 is 0 Å². The molecule has 0 N–H and O–H groups in total. The van der Waals surface area contributed by atoms with Crippen molar-refractivity contribution in [2.75, 3.05) is 6.61 Å². The van der Waals surface area contributed by atoms with Gasteiger partial charge in [-0.1, -0.05) is 48.8 Å². The molecule has 1 aromatic rings. The Morgan fingerprint density at radius 1 is 1.31 bits per heavy atom. The van der Waals surface area contributed by atoms with Crippen molar-refractivity contribution in [3.63, 3.8) is 0 Å². The molecule has 26 heavy (non-hydrogen) atoms. The molecule has 2 amide bonds. The predicted octanol–water partition coefficient (Wildman–Crippen LogP) is 3.13. The van der Waals surface area contributed by atoms with Gasteiger partial charge >= 0.3 is 0 Å². The SMILES string of the molecule is CCCCC1=NOC[C@@H]1C(=O)N1C(=O)CC(C)(C)N1Cc1ccccc1. The van der Waals surface area contributed by atoms with Gasteiger partial charge in [-0.15, -0.1) is 0 Å². The van der Waals surface area contributed by atoms with E-state index in [9.17, 15) is 9.59 Å². The monoisotopic (exact) mass is 357 g/mol. The van der Waals surface area contributed by atoms with Gasteiger partial charge in [-0.2, -0.15) is 0 Å². The van der Waals surface area contributed by atoms with E-state index in [1.165, 1.54) is 5.01 Å². The minimum Gasteiger partial charge on any atom is -0.395 e. The molecular weight excluding hydrogens is 330 g/mol. The third-order valence-electron chi connectivity index (χ3n) is 5.05. The summed E-state index contributed by atoms with van der Waals surface area (Å²) >= 11 is 0. The Bertz CT molecular complexity index is 700. The Kier molecular flexibility index (Phi) is 5.41. The second-order valence-corrected chi connectivity index (χ2v) is 7.61. The van der Waals surface area contributed by atoms with E-state index in [0.29, 0.717) is 13.0 Å². The first-order chi connectivity index (χ1) is 12.4. The van der Waals surface area contributed by atoms with E-state index in [1.54, 1.807) is 0 Å².